The third-order valence-electron chi connectivity index (χ3n) is 7.15. The summed E-state index contributed by atoms with van der Waals surface area (Å²) in [7, 11) is 0. The zero-order valence-electron chi connectivity index (χ0n) is 19.8. The summed E-state index contributed by atoms with van der Waals surface area (Å²) in [6.45, 7) is 5.97. The molecule has 3 aliphatic rings. The van der Waals surface area contributed by atoms with Crippen LogP contribution in [0, 0.1) is 0 Å². The maximum absolute atomic E-state index is 13.1. The molecule has 0 N–H and O–H groups in total. The zero-order valence-corrected chi connectivity index (χ0v) is 20.7. The monoisotopic (exact) mass is 482 g/mol. The predicted octanol–water partition coefficient (Wildman–Crippen LogP) is 2.92. The van der Waals surface area contributed by atoms with Gasteiger partial charge in [0.1, 0.15) is 5.03 Å². The largest absolute Gasteiger partial charge is 0.379 e. The molecule has 0 bridgehead atoms. The van der Waals surface area contributed by atoms with Gasteiger partial charge in [-0.2, -0.15) is 4.98 Å². The van der Waals surface area contributed by atoms with Crippen molar-refractivity contribution in [1.29, 1.82) is 0 Å². The van der Waals surface area contributed by atoms with Crippen LogP contribution in [0.3, 0.4) is 0 Å². The lowest BCUT2D eigenvalue weighted by atomic mass is 9.97. The molecule has 1 saturated heterocycles. The van der Waals surface area contributed by atoms with Gasteiger partial charge in [0.25, 0.3) is 0 Å². The van der Waals surface area contributed by atoms with Gasteiger partial charge in [-0.1, -0.05) is 30.0 Å². The van der Waals surface area contributed by atoms with Gasteiger partial charge in [-0.05, 0) is 56.6 Å². The number of thioether (sulfide) groups is 1. The fraction of sp³-hybridized carbons (Fsp3) is 0.577. The van der Waals surface area contributed by atoms with Gasteiger partial charge < -0.3 is 9.64 Å². The number of hydrogen-bond donors (Lipinski definition) is 0. The molecule has 0 radical (unpaired) electrons. The van der Waals surface area contributed by atoms with E-state index in [1.165, 1.54) is 22.9 Å². The Kier molecular flexibility index (Phi) is 7.67. The first-order valence-electron chi connectivity index (χ1n) is 12.6. The fourth-order valence-electron chi connectivity index (χ4n) is 5.38. The first-order valence-corrected chi connectivity index (χ1v) is 13.6. The third kappa shape index (κ3) is 5.24. The van der Waals surface area contributed by atoms with Crippen LogP contribution in [0.1, 0.15) is 42.5 Å². The van der Waals surface area contributed by atoms with Gasteiger partial charge >= 0.3 is 5.69 Å². The normalized spacial score (nSPS) is 18.4. The average Bonchev–Trinajstić information content (AvgIpc) is 2.89. The Balaban J connectivity index is 1.27. The van der Waals surface area contributed by atoms with Crippen LogP contribution in [-0.2, 0) is 35.3 Å². The van der Waals surface area contributed by atoms with Crippen molar-refractivity contribution in [2.45, 2.75) is 56.5 Å². The smallest absolute Gasteiger partial charge is 0.348 e. The van der Waals surface area contributed by atoms with Crippen molar-refractivity contribution < 1.29 is 9.53 Å². The molecule has 1 aromatic heterocycles. The Morgan fingerprint density at radius 1 is 1.00 bits per heavy atom. The molecule has 0 saturated carbocycles. The van der Waals surface area contributed by atoms with E-state index < -0.39 is 0 Å². The number of anilines is 1. The summed E-state index contributed by atoms with van der Waals surface area (Å²) in [5, 5.41) is 0.766. The first-order chi connectivity index (χ1) is 16.7. The van der Waals surface area contributed by atoms with Crippen LogP contribution in [0.15, 0.2) is 34.1 Å². The summed E-state index contributed by atoms with van der Waals surface area (Å²) >= 11 is 1.44. The number of morpholine rings is 1. The van der Waals surface area contributed by atoms with E-state index in [1.54, 1.807) is 0 Å². The van der Waals surface area contributed by atoms with Crippen molar-refractivity contribution in [3.8, 4) is 0 Å². The molecule has 182 valence electrons. The summed E-state index contributed by atoms with van der Waals surface area (Å²) in [5.74, 6) is 0.409. The quantitative estimate of drug-likeness (QED) is 0.447. The molecule has 1 aliphatic carbocycles. The molecule has 1 amide bonds. The molecule has 0 unspecified atom stereocenters. The van der Waals surface area contributed by atoms with E-state index in [0.717, 1.165) is 101 Å². The number of aromatic nitrogens is 2. The number of fused-ring (bicyclic) bond motifs is 2. The molecule has 2 aromatic rings. The lowest BCUT2D eigenvalue weighted by Crippen LogP contribution is -2.38. The van der Waals surface area contributed by atoms with E-state index in [-0.39, 0.29) is 11.6 Å². The molecule has 3 heterocycles. The number of carbonyl (C=O) groups is 1. The lowest BCUT2D eigenvalue weighted by Gasteiger charge is -2.29. The minimum atomic E-state index is -0.166. The average molecular weight is 483 g/mol. The summed E-state index contributed by atoms with van der Waals surface area (Å²) in [5.41, 5.74) is 4.44. The molecular formula is C26H34N4O3S. The first kappa shape index (κ1) is 23.6. The second kappa shape index (κ2) is 11.1. The SMILES string of the molecule is O=C(CSc1nc(=O)n(CCCN2CCOCC2)c2c1CCCC2)N1CCCc2ccccc21. The van der Waals surface area contributed by atoms with Gasteiger partial charge in [-0.15, -0.1) is 0 Å². The molecular weight excluding hydrogens is 448 g/mol. The van der Waals surface area contributed by atoms with Gasteiger partial charge in [-0.3, -0.25) is 14.3 Å². The highest BCUT2D eigenvalue weighted by Gasteiger charge is 2.25. The topological polar surface area (TPSA) is 67.7 Å². The van der Waals surface area contributed by atoms with Crippen LogP contribution in [0.2, 0.25) is 0 Å². The number of rotatable bonds is 7. The van der Waals surface area contributed by atoms with Crippen LogP contribution in [-0.4, -0.2) is 65.5 Å². The summed E-state index contributed by atoms with van der Waals surface area (Å²) in [6, 6.07) is 8.18. The predicted molar refractivity (Wildman–Crippen MR) is 135 cm³/mol. The molecule has 1 fully saturated rings. The van der Waals surface area contributed by atoms with Crippen molar-refractivity contribution in [1.82, 2.24) is 14.5 Å². The summed E-state index contributed by atoms with van der Waals surface area (Å²) in [4.78, 5) is 34.9. The molecule has 34 heavy (non-hydrogen) atoms. The third-order valence-corrected chi connectivity index (χ3v) is 8.16. The number of nitrogens with zero attached hydrogens (tertiary/aromatic N) is 4. The molecule has 0 atom stereocenters. The number of para-hydroxylation sites is 1. The van der Waals surface area contributed by atoms with E-state index in [2.05, 4.69) is 16.0 Å². The number of carbonyl (C=O) groups excluding carboxylic acids is 1. The maximum atomic E-state index is 13.1. The molecule has 8 heteroatoms. The van der Waals surface area contributed by atoms with Crippen molar-refractivity contribution in [2.75, 3.05) is 50.0 Å². The van der Waals surface area contributed by atoms with E-state index in [4.69, 9.17) is 4.74 Å². The van der Waals surface area contributed by atoms with Gasteiger partial charge in [0.15, 0.2) is 0 Å². The summed E-state index contributed by atoms with van der Waals surface area (Å²) < 4.78 is 7.34. The Labute approximate surface area is 205 Å². The fourth-order valence-corrected chi connectivity index (χ4v) is 6.33. The number of amides is 1. The van der Waals surface area contributed by atoms with E-state index in [9.17, 15) is 9.59 Å². The Bertz CT molecular complexity index is 1080. The van der Waals surface area contributed by atoms with Crippen LogP contribution >= 0.6 is 11.8 Å². The zero-order chi connectivity index (χ0) is 23.3. The van der Waals surface area contributed by atoms with Gasteiger partial charge in [0.2, 0.25) is 5.91 Å². The minimum Gasteiger partial charge on any atom is -0.379 e. The van der Waals surface area contributed by atoms with Gasteiger partial charge in [-0.25, -0.2) is 4.79 Å². The molecule has 0 spiro atoms. The molecule has 5 rings (SSSR count). The van der Waals surface area contributed by atoms with Crippen LogP contribution in [0.4, 0.5) is 5.69 Å². The van der Waals surface area contributed by atoms with Gasteiger partial charge in [0, 0.05) is 49.7 Å². The maximum Gasteiger partial charge on any atom is 0.348 e. The molecule has 2 aliphatic heterocycles. The number of ether oxygens (including phenoxy) is 1. The Morgan fingerprint density at radius 3 is 2.71 bits per heavy atom. The second-order valence-corrected chi connectivity index (χ2v) is 10.3. The standard InChI is InChI=1S/C26H34N4O3S/c31-24(29-13-5-8-20-7-1-3-10-22(20)29)19-34-25-21-9-2-4-11-23(21)30(26(32)27-25)14-6-12-28-15-17-33-18-16-28/h1,3,7,10H,2,4-6,8-9,11-19H2. The summed E-state index contributed by atoms with van der Waals surface area (Å²) in [6.07, 6.45) is 7.02. The van der Waals surface area contributed by atoms with Crippen LogP contribution in [0.5, 0.6) is 0 Å². The van der Waals surface area contributed by atoms with Gasteiger partial charge in [0.05, 0.1) is 19.0 Å². The molecule has 1 aromatic carbocycles. The van der Waals surface area contributed by atoms with Crippen LogP contribution in [0.25, 0.3) is 0 Å². The number of aryl methyl sites for hydroxylation is 1. The van der Waals surface area contributed by atoms with E-state index in [1.807, 2.05) is 27.7 Å². The Hall–Kier alpha value is -2.16. The highest BCUT2D eigenvalue weighted by molar-refractivity contribution is 8.00. The minimum absolute atomic E-state index is 0.0956. The van der Waals surface area contributed by atoms with E-state index >= 15 is 0 Å². The van der Waals surface area contributed by atoms with Crippen molar-refractivity contribution in [3.05, 3.63) is 51.6 Å². The Morgan fingerprint density at radius 2 is 1.82 bits per heavy atom. The van der Waals surface area contributed by atoms with Crippen LogP contribution < -0.4 is 10.6 Å². The highest BCUT2D eigenvalue weighted by atomic mass is 32.2. The van der Waals surface area contributed by atoms with Crippen molar-refractivity contribution in [2.24, 2.45) is 0 Å². The molecule has 7 nitrogen and oxygen atoms in total. The lowest BCUT2D eigenvalue weighted by molar-refractivity contribution is -0.116. The van der Waals surface area contributed by atoms with Crippen molar-refractivity contribution in [3.63, 3.8) is 0 Å². The number of hydrogen-bond acceptors (Lipinski definition) is 6. The highest BCUT2D eigenvalue weighted by Crippen LogP contribution is 2.31. The van der Waals surface area contributed by atoms with E-state index in [0.29, 0.717) is 12.3 Å². The number of benzene rings is 1. The second-order valence-electron chi connectivity index (χ2n) is 9.36. The van der Waals surface area contributed by atoms with Crippen molar-refractivity contribution >= 4 is 23.4 Å².